The van der Waals surface area contributed by atoms with Crippen molar-refractivity contribution >= 4 is 35.0 Å². The quantitative estimate of drug-likeness (QED) is 0.354. The number of aryl methyl sites for hydroxylation is 2. The number of carbonyl (C=O) groups excluding carboxylic acids is 2. The second-order valence-corrected chi connectivity index (χ2v) is 8.71. The molecular weight excluding hydrogens is 467 g/mol. The summed E-state index contributed by atoms with van der Waals surface area (Å²) < 4.78 is 14.6. The number of hydrogen-bond donors (Lipinski definition) is 2. The van der Waals surface area contributed by atoms with E-state index in [9.17, 15) is 14.0 Å². The lowest BCUT2D eigenvalue weighted by molar-refractivity contribution is -0.117. The zero-order valence-electron chi connectivity index (χ0n) is 19.2. The molecule has 0 atom stereocenters. The summed E-state index contributed by atoms with van der Waals surface area (Å²) >= 11 is 1.16. The Morgan fingerprint density at radius 3 is 2.31 bits per heavy atom. The number of halogens is 1. The zero-order chi connectivity index (χ0) is 24.8. The van der Waals surface area contributed by atoms with Crippen molar-refractivity contribution in [1.29, 1.82) is 0 Å². The van der Waals surface area contributed by atoms with Gasteiger partial charge in [0.15, 0.2) is 11.0 Å². The summed E-state index contributed by atoms with van der Waals surface area (Å²) in [6.45, 7) is 3.79. The van der Waals surface area contributed by atoms with Crippen LogP contribution >= 0.6 is 11.8 Å². The standard InChI is InChI=1S/C25H23FN6O2S/c1-16-4-3-5-17(2)23(16)29-21(33)14-32-25(30-24(31-32)18-10-12-27-13-11-18)35-15-22(34)28-20-8-6-19(26)7-9-20/h3-13H,14-15H2,1-2H3,(H,28,34)(H,29,33). The van der Waals surface area contributed by atoms with E-state index in [-0.39, 0.29) is 29.9 Å². The van der Waals surface area contributed by atoms with E-state index in [1.165, 1.54) is 28.9 Å². The summed E-state index contributed by atoms with van der Waals surface area (Å²) in [5, 5.41) is 10.6. The number of amides is 2. The molecular formula is C25H23FN6O2S. The van der Waals surface area contributed by atoms with Crippen molar-refractivity contribution in [2.24, 2.45) is 0 Å². The number of aromatic nitrogens is 4. The highest BCUT2D eigenvalue weighted by Gasteiger charge is 2.17. The molecule has 0 spiro atoms. The van der Waals surface area contributed by atoms with Crippen LogP contribution in [0.5, 0.6) is 0 Å². The molecule has 4 rings (SSSR count). The van der Waals surface area contributed by atoms with Gasteiger partial charge < -0.3 is 10.6 Å². The number of carbonyl (C=O) groups is 2. The van der Waals surface area contributed by atoms with Gasteiger partial charge in [-0.2, -0.15) is 0 Å². The lowest BCUT2D eigenvalue weighted by Crippen LogP contribution is -2.21. The van der Waals surface area contributed by atoms with E-state index < -0.39 is 0 Å². The van der Waals surface area contributed by atoms with Gasteiger partial charge in [-0.3, -0.25) is 14.6 Å². The van der Waals surface area contributed by atoms with Gasteiger partial charge in [0.05, 0.1) is 5.75 Å². The molecule has 2 heterocycles. The number of hydrogen-bond acceptors (Lipinski definition) is 6. The fourth-order valence-electron chi connectivity index (χ4n) is 3.35. The monoisotopic (exact) mass is 490 g/mol. The molecule has 0 radical (unpaired) electrons. The van der Waals surface area contributed by atoms with Gasteiger partial charge in [-0.05, 0) is 61.4 Å². The average molecular weight is 491 g/mol. The summed E-state index contributed by atoms with van der Waals surface area (Å²) in [4.78, 5) is 33.8. The first-order valence-electron chi connectivity index (χ1n) is 10.8. The lowest BCUT2D eigenvalue weighted by atomic mass is 10.1. The zero-order valence-corrected chi connectivity index (χ0v) is 20.0. The van der Waals surface area contributed by atoms with E-state index in [1.54, 1.807) is 24.5 Å². The van der Waals surface area contributed by atoms with E-state index in [0.717, 1.165) is 34.1 Å². The van der Waals surface area contributed by atoms with Crippen molar-refractivity contribution in [3.8, 4) is 11.4 Å². The van der Waals surface area contributed by atoms with Gasteiger partial charge in [0.2, 0.25) is 11.8 Å². The van der Waals surface area contributed by atoms with Crippen molar-refractivity contribution in [2.45, 2.75) is 25.5 Å². The number of nitrogens with one attached hydrogen (secondary N) is 2. The third-order valence-electron chi connectivity index (χ3n) is 5.08. The average Bonchev–Trinajstić information content (AvgIpc) is 3.25. The van der Waals surface area contributed by atoms with Gasteiger partial charge in [0.25, 0.3) is 0 Å². The Hall–Kier alpha value is -4.05. The van der Waals surface area contributed by atoms with Crippen LogP contribution < -0.4 is 10.6 Å². The molecule has 0 aliphatic rings. The summed E-state index contributed by atoms with van der Waals surface area (Å²) in [6, 6.07) is 14.9. The van der Waals surface area contributed by atoms with E-state index in [0.29, 0.717) is 16.7 Å². The molecule has 0 fully saturated rings. The van der Waals surface area contributed by atoms with E-state index >= 15 is 0 Å². The Morgan fingerprint density at radius 2 is 1.63 bits per heavy atom. The summed E-state index contributed by atoms with van der Waals surface area (Å²) in [7, 11) is 0. The summed E-state index contributed by atoms with van der Waals surface area (Å²) in [6.07, 6.45) is 3.26. The lowest BCUT2D eigenvalue weighted by Gasteiger charge is -2.12. The SMILES string of the molecule is Cc1cccc(C)c1NC(=O)Cn1nc(-c2ccncc2)nc1SCC(=O)Nc1ccc(F)cc1. The maximum atomic E-state index is 13.1. The first-order valence-corrected chi connectivity index (χ1v) is 11.8. The second-order valence-electron chi connectivity index (χ2n) is 7.77. The first kappa shape index (κ1) is 24.1. The molecule has 0 aliphatic carbocycles. The maximum Gasteiger partial charge on any atom is 0.246 e. The molecule has 0 unspecified atom stereocenters. The van der Waals surface area contributed by atoms with Crippen LogP contribution in [0.2, 0.25) is 0 Å². The van der Waals surface area contributed by atoms with Crippen LogP contribution in [0, 0.1) is 19.7 Å². The summed E-state index contributed by atoms with van der Waals surface area (Å²) in [5.41, 5.74) is 3.92. The molecule has 8 nitrogen and oxygen atoms in total. The highest BCUT2D eigenvalue weighted by Crippen LogP contribution is 2.23. The number of rotatable bonds is 8. The molecule has 0 saturated carbocycles. The molecule has 0 aliphatic heterocycles. The van der Waals surface area contributed by atoms with Gasteiger partial charge in [-0.25, -0.2) is 14.1 Å². The van der Waals surface area contributed by atoms with Crippen molar-refractivity contribution < 1.29 is 14.0 Å². The van der Waals surface area contributed by atoms with Crippen LogP contribution in [-0.2, 0) is 16.1 Å². The number of benzene rings is 2. The Morgan fingerprint density at radius 1 is 0.943 bits per heavy atom. The molecule has 2 amide bonds. The molecule has 2 aromatic carbocycles. The van der Waals surface area contributed by atoms with Crippen LogP contribution in [-0.4, -0.2) is 37.3 Å². The number of anilines is 2. The molecule has 2 N–H and O–H groups in total. The van der Waals surface area contributed by atoms with Gasteiger partial charge >= 0.3 is 0 Å². The summed E-state index contributed by atoms with van der Waals surface area (Å²) in [5.74, 6) is -0.473. The molecule has 0 bridgehead atoms. The van der Waals surface area contributed by atoms with Crippen LogP contribution in [0.25, 0.3) is 11.4 Å². The maximum absolute atomic E-state index is 13.1. The minimum atomic E-state index is -0.381. The number of nitrogens with zero attached hydrogens (tertiary/aromatic N) is 4. The smallest absolute Gasteiger partial charge is 0.246 e. The second kappa shape index (κ2) is 10.9. The molecule has 0 saturated heterocycles. The molecule has 10 heteroatoms. The number of pyridine rings is 1. The molecule has 2 aromatic heterocycles. The van der Waals surface area contributed by atoms with Crippen molar-refractivity contribution in [1.82, 2.24) is 19.7 Å². The normalized spacial score (nSPS) is 10.7. The van der Waals surface area contributed by atoms with Crippen molar-refractivity contribution in [2.75, 3.05) is 16.4 Å². The minimum Gasteiger partial charge on any atom is -0.325 e. The van der Waals surface area contributed by atoms with Crippen molar-refractivity contribution in [3.63, 3.8) is 0 Å². The Labute approximate surface area is 206 Å². The third-order valence-corrected chi connectivity index (χ3v) is 6.04. The highest BCUT2D eigenvalue weighted by atomic mass is 32.2. The molecule has 4 aromatic rings. The fourth-order valence-corrected chi connectivity index (χ4v) is 4.09. The van der Waals surface area contributed by atoms with Gasteiger partial charge in [0, 0.05) is 29.3 Å². The number of thioether (sulfide) groups is 1. The molecule has 178 valence electrons. The first-order chi connectivity index (χ1) is 16.9. The third kappa shape index (κ3) is 6.30. The fraction of sp³-hybridized carbons (Fsp3) is 0.160. The topological polar surface area (TPSA) is 102 Å². The molecule has 35 heavy (non-hydrogen) atoms. The van der Waals surface area contributed by atoms with Crippen LogP contribution in [0.4, 0.5) is 15.8 Å². The minimum absolute atomic E-state index is 0.0321. The van der Waals surface area contributed by atoms with Crippen LogP contribution in [0.3, 0.4) is 0 Å². The Bertz CT molecular complexity index is 1320. The van der Waals surface area contributed by atoms with E-state index in [4.69, 9.17) is 0 Å². The predicted octanol–water partition coefficient (Wildman–Crippen LogP) is 4.47. The van der Waals surface area contributed by atoms with Crippen LogP contribution in [0.15, 0.2) is 72.1 Å². The van der Waals surface area contributed by atoms with Gasteiger partial charge in [0.1, 0.15) is 12.4 Å². The Kier molecular flexibility index (Phi) is 7.51. The largest absolute Gasteiger partial charge is 0.325 e. The number of para-hydroxylation sites is 1. The Balaban J connectivity index is 1.50. The van der Waals surface area contributed by atoms with Gasteiger partial charge in [-0.15, -0.1) is 5.10 Å². The predicted molar refractivity (Wildman–Crippen MR) is 134 cm³/mol. The van der Waals surface area contributed by atoms with E-state index in [1.807, 2.05) is 32.0 Å². The van der Waals surface area contributed by atoms with Gasteiger partial charge in [-0.1, -0.05) is 30.0 Å². The van der Waals surface area contributed by atoms with Crippen LogP contribution in [0.1, 0.15) is 11.1 Å². The van der Waals surface area contributed by atoms with Crippen molar-refractivity contribution in [3.05, 3.63) is 83.9 Å². The van der Waals surface area contributed by atoms with E-state index in [2.05, 4.69) is 25.7 Å². The highest BCUT2D eigenvalue weighted by molar-refractivity contribution is 7.99.